The van der Waals surface area contributed by atoms with E-state index in [1.165, 1.54) is 0 Å². The van der Waals surface area contributed by atoms with Crippen molar-refractivity contribution < 1.29 is 4.79 Å². The van der Waals surface area contributed by atoms with Crippen LogP contribution in [0.1, 0.15) is 38.9 Å². The van der Waals surface area contributed by atoms with E-state index < -0.39 is 0 Å². The van der Waals surface area contributed by atoms with Crippen LogP contribution < -0.4 is 11.1 Å². The number of primary amides is 1. The van der Waals surface area contributed by atoms with Gasteiger partial charge in [-0.15, -0.1) is 10.2 Å². The molecular formula is C16H29N7O. The second-order valence-electron chi connectivity index (χ2n) is 6.15. The van der Waals surface area contributed by atoms with Gasteiger partial charge in [0, 0.05) is 39.0 Å². The molecular weight excluding hydrogens is 306 g/mol. The summed E-state index contributed by atoms with van der Waals surface area (Å²) in [5.41, 5.74) is 5.35. The number of guanidine groups is 1. The zero-order valence-corrected chi connectivity index (χ0v) is 14.7. The van der Waals surface area contributed by atoms with Gasteiger partial charge in [0.05, 0.1) is 6.54 Å². The van der Waals surface area contributed by atoms with Gasteiger partial charge in [0.15, 0.2) is 5.96 Å². The topological polar surface area (TPSA) is 101 Å². The van der Waals surface area contributed by atoms with Crippen molar-refractivity contribution in [3.63, 3.8) is 0 Å². The summed E-state index contributed by atoms with van der Waals surface area (Å²) in [6.45, 7) is 8.20. The van der Waals surface area contributed by atoms with Crippen LogP contribution in [0.4, 0.5) is 0 Å². The van der Waals surface area contributed by atoms with E-state index in [-0.39, 0.29) is 5.91 Å². The molecule has 1 aromatic rings. The summed E-state index contributed by atoms with van der Waals surface area (Å²) in [5, 5.41) is 11.4. The quantitative estimate of drug-likeness (QED) is 0.554. The van der Waals surface area contributed by atoms with Crippen LogP contribution >= 0.6 is 0 Å². The second-order valence-corrected chi connectivity index (χ2v) is 6.15. The highest BCUT2D eigenvalue weighted by atomic mass is 16.1. The number of hydrogen-bond donors (Lipinski definition) is 2. The molecule has 8 heteroatoms. The van der Waals surface area contributed by atoms with Crippen LogP contribution in [-0.4, -0.2) is 57.7 Å². The van der Waals surface area contributed by atoms with Gasteiger partial charge in [0.1, 0.15) is 12.2 Å². The van der Waals surface area contributed by atoms with Crippen molar-refractivity contribution in [2.45, 2.75) is 46.1 Å². The number of rotatable bonds is 7. The molecule has 1 unspecified atom stereocenters. The first kappa shape index (κ1) is 18.2. The lowest BCUT2D eigenvalue weighted by atomic mass is 9.95. The number of likely N-dealkylation sites (tertiary alicyclic amines) is 1. The average molecular weight is 335 g/mol. The third-order valence-electron chi connectivity index (χ3n) is 4.26. The summed E-state index contributed by atoms with van der Waals surface area (Å²) >= 11 is 0. The van der Waals surface area contributed by atoms with Crippen LogP contribution in [0.2, 0.25) is 0 Å². The smallest absolute Gasteiger partial charge is 0.217 e. The van der Waals surface area contributed by atoms with Crippen LogP contribution in [-0.2, 0) is 17.8 Å². The molecule has 0 aromatic carbocycles. The Bertz CT molecular complexity index is 554. The second kappa shape index (κ2) is 9.24. The molecule has 8 nitrogen and oxygen atoms in total. The zero-order valence-electron chi connectivity index (χ0n) is 14.7. The molecule has 0 spiro atoms. The van der Waals surface area contributed by atoms with Crippen molar-refractivity contribution >= 4 is 11.9 Å². The van der Waals surface area contributed by atoms with Crippen molar-refractivity contribution in [1.82, 2.24) is 25.0 Å². The number of carbonyl (C=O) groups is 1. The molecule has 0 saturated carbocycles. The average Bonchev–Trinajstić information content (AvgIpc) is 3.01. The number of aromatic nitrogens is 3. The summed E-state index contributed by atoms with van der Waals surface area (Å²) in [7, 11) is 0. The molecule has 2 heterocycles. The number of aliphatic imine (C=N–C) groups is 1. The van der Waals surface area contributed by atoms with E-state index in [0.29, 0.717) is 18.9 Å². The summed E-state index contributed by atoms with van der Waals surface area (Å²) < 4.78 is 2.04. The lowest BCUT2D eigenvalue weighted by molar-refractivity contribution is -0.119. The number of nitrogens with one attached hydrogen (secondary N) is 1. The minimum Gasteiger partial charge on any atom is -0.370 e. The van der Waals surface area contributed by atoms with Gasteiger partial charge in [-0.05, 0) is 25.7 Å². The van der Waals surface area contributed by atoms with E-state index in [4.69, 9.17) is 10.7 Å². The summed E-state index contributed by atoms with van der Waals surface area (Å²) in [4.78, 5) is 18.2. The minimum absolute atomic E-state index is 0.219. The predicted molar refractivity (Wildman–Crippen MR) is 93.5 cm³/mol. The van der Waals surface area contributed by atoms with Crippen molar-refractivity contribution in [2.75, 3.05) is 26.2 Å². The van der Waals surface area contributed by atoms with Gasteiger partial charge in [-0.1, -0.05) is 6.92 Å². The number of amides is 1. The molecule has 3 N–H and O–H groups in total. The number of nitrogens with two attached hydrogens (primary N) is 1. The van der Waals surface area contributed by atoms with Gasteiger partial charge < -0.3 is 20.5 Å². The van der Waals surface area contributed by atoms with Crippen molar-refractivity contribution in [1.29, 1.82) is 0 Å². The Kier molecular flexibility index (Phi) is 7.02. The van der Waals surface area contributed by atoms with Crippen molar-refractivity contribution in [3.8, 4) is 0 Å². The summed E-state index contributed by atoms with van der Waals surface area (Å²) in [6.07, 6.45) is 5.19. The molecule has 1 fully saturated rings. The summed E-state index contributed by atoms with van der Waals surface area (Å²) in [6, 6.07) is 0. The van der Waals surface area contributed by atoms with Gasteiger partial charge in [-0.3, -0.25) is 9.79 Å². The van der Waals surface area contributed by atoms with Crippen molar-refractivity contribution in [2.24, 2.45) is 16.6 Å². The Labute approximate surface area is 143 Å². The van der Waals surface area contributed by atoms with Gasteiger partial charge in [-0.25, -0.2) is 0 Å². The molecule has 1 amide bonds. The maximum atomic E-state index is 11.2. The van der Waals surface area contributed by atoms with E-state index in [9.17, 15) is 4.79 Å². The van der Waals surface area contributed by atoms with Gasteiger partial charge in [0.2, 0.25) is 5.91 Å². The molecule has 0 bridgehead atoms. The number of piperidine rings is 1. The maximum absolute atomic E-state index is 11.2. The van der Waals surface area contributed by atoms with Crippen LogP contribution in [0, 0.1) is 5.92 Å². The maximum Gasteiger partial charge on any atom is 0.217 e. The monoisotopic (exact) mass is 335 g/mol. The van der Waals surface area contributed by atoms with Gasteiger partial charge in [0.25, 0.3) is 0 Å². The molecule has 0 radical (unpaired) electrons. The molecule has 1 saturated heterocycles. The molecule has 24 heavy (non-hydrogen) atoms. The third kappa shape index (κ3) is 5.21. The fraction of sp³-hybridized carbons (Fsp3) is 0.750. The van der Waals surface area contributed by atoms with Gasteiger partial charge in [-0.2, -0.15) is 0 Å². The van der Waals surface area contributed by atoms with E-state index >= 15 is 0 Å². The molecule has 1 aromatic heterocycles. The third-order valence-corrected chi connectivity index (χ3v) is 4.26. The first-order valence-electron chi connectivity index (χ1n) is 8.82. The van der Waals surface area contributed by atoms with Crippen LogP contribution in [0.25, 0.3) is 0 Å². The standard InChI is InChI=1S/C16H29N7O/c1-3-15-21-20-12-23(15)9-7-19-16(18-4-2)22-8-5-6-13(11-22)10-14(17)24/h12-13H,3-11H2,1-2H3,(H2,17,24)(H,18,19). The SMILES string of the molecule is CCNC(=NCCn1cnnc1CC)N1CCCC(CC(N)=O)C1. The van der Waals surface area contributed by atoms with E-state index in [2.05, 4.69) is 34.3 Å². The fourth-order valence-corrected chi connectivity index (χ4v) is 3.14. The molecule has 0 aliphatic carbocycles. The molecule has 1 aliphatic heterocycles. The number of carbonyl (C=O) groups excluding carboxylic acids is 1. The van der Waals surface area contributed by atoms with Crippen LogP contribution in [0.5, 0.6) is 0 Å². The Hall–Kier alpha value is -2.12. The Morgan fingerprint density at radius 1 is 1.50 bits per heavy atom. The lowest BCUT2D eigenvalue weighted by Gasteiger charge is -2.34. The van der Waals surface area contributed by atoms with Gasteiger partial charge >= 0.3 is 0 Å². The minimum atomic E-state index is -0.219. The molecule has 134 valence electrons. The van der Waals surface area contributed by atoms with Crippen LogP contribution in [0.15, 0.2) is 11.3 Å². The van der Waals surface area contributed by atoms with E-state index in [1.54, 1.807) is 6.33 Å². The lowest BCUT2D eigenvalue weighted by Crippen LogP contribution is -2.47. The first-order valence-corrected chi connectivity index (χ1v) is 8.82. The van der Waals surface area contributed by atoms with E-state index in [1.807, 2.05) is 4.57 Å². The largest absolute Gasteiger partial charge is 0.370 e. The number of hydrogen-bond acceptors (Lipinski definition) is 4. The highest BCUT2D eigenvalue weighted by molar-refractivity contribution is 5.80. The van der Waals surface area contributed by atoms with E-state index in [0.717, 1.165) is 57.2 Å². The summed E-state index contributed by atoms with van der Waals surface area (Å²) in [5.74, 6) is 2.00. The Morgan fingerprint density at radius 3 is 3.04 bits per heavy atom. The number of nitrogens with zero attached hydrogens (tertiary/aromatic N) is 5. The normalized spacial score (nSPS) is 18.7. The van der Waals surface area contributed by atoms with Crippen LogP contribution in [0.3, 0.4) is 0 Å². The highest BCUT2D eigenvalue weighted by Crippen LogP contribution is 2.19. The zero-order chi connectivity index (χ0) is 17.4. The molecule has 1 aliphatic rings. The van der Waals surface area contributed by atoms with Crippen molar-refractivity contribution in [3.05, 3.63) is 12.2 Å². The highest BCUT2D eigenvalue weighted by Gasteiger charge is 2.23. The molecule has 2 rings (SSSR count). The number of aryl methyl sites for hydroxylation is 1. The Morgan fingerprint density at radius 2 is 2.33 bits per heavy atom. The fourth-order valence-electron chi connectivity index (χ4n) is 3.14. The predicted octanol–water partition coefficient (Wildman–Crippen LogP) is 0.393. The molecule has 1 atom stereocenters. The Balaban J connectivity index is 1.95. The first-order chi connectivity index (χ1) is 11.6.